The van der Waals surface area contributed by atoms with Crippen LogP contribution in [0.25, 0.3) is 0 Å². The number of methoxy groups -OCH3 is 1. The molecule has 4 heteroatoms. The van der Waals surface area contributed by atoms with Gasteiger partial charge in [0.2, 0.25) is 0 Å². The molecule has 0 aliphatic heterocycles. The van der Waals surface area contributed by atoms with Crippen molar-refractivity contribution in [3.63, 3.8) is 0 Å². The Balaban J connectivity index is 2.13. The highest BCUT2D eigenvalue weighted by Gasteiger charge is 2.57. The minimum absolute atomic E-state index is 0.169. The van der Waals surface area contributed by atoms with Crippen molar-refractivity contribution in [3.05, 3.63) is 0 Å². The lowest BCUT2D eigenvalue weighted by Gasteiger charge is -2.11. The van der Waals surface area contributed by atoms with Crippen LogP contribution in [0.2, 0.25) is 0 Å². The molecule has 0 aromatic rings. The van der Waals surface area contributed by atoms with Gasteiger partial charge in [0.15, 0.2) is 0 Å². The molecule has 2 atom stereocenters. The fraction of sp³-hybridized carbons (Fsp3) is 0.800. The topological polar surface area (TPSA) is 63.6 Å². The normalized spacial score (nSPS) is 32.9. The highest BCUT2D eigenvalue weighted by atomic mass is 16.5. The molecule has 0 heterocycles. The molecule has 78 valence electrons. The molecule has 1 N–H and O–H groups in total. The van der Waals surface area contributed by atoms with Crippen LogP contribution in [0.1, 0.15) is 25.7 Å². The minimum atomic E-state index is -0.857. The maximum absolute atomic E-state index is 11.4. The van der Waals surface area contributed by atoms with Gasteiger partial charge in [-0.25, -0.2) is 0 Å². The third kappa shape index (κ3) is 1.38. The third-order valence-corrected chi connectivity index (χ3v) is 3.57. The van der Waals surface area contributed by atoms with Crippen molar-refractivity contribution < 1.29 is 19.4 Å². The monoisotopic (exact) mass is 198 g/mol. The van der Waals surface area contributed by atoms with Crippen LogP contribution in [0.4, 0.5) is 0 Å². The van der Waals surface area contributed by atoms with Gasteiger partial charge >= 0.3 is 11.9 Å². The average Bonchev–Trinajstić information content (AvgIpc) is 2.76. The van der Waals surface area contributed by atoms with E-state index >= 15 is 0 Å². The number of carbonyl (C=O) groups is 2. The molecule has 14 heavy (non-hydrogen) atoms. The van der Waals surface area contributed by atoms with Gasteiger partial charge in [0.25, 0.3) is 0 Å². The second-order valence-corrected chi connectivity index (χ2v) is 4.48. The maximum atomic E-state index is 11.4. The number of rotatable bonds is 2. The number of aliphatic carboxylic acids is 1. The molecule has 0 unspecified atom stereocenters. The molecule has 0 radical (unpaired) electrons. The predicted octanol–water partition coefficient (Wildman–Crippen LogP) is 1.05. The Hall–Kier alpha value is -1.06. The van der Waals surface area contributed by atoms with Crippen LogP contribution in [-0.2, 0) is 14.3 Å². The summed E-state index contributed by atoms with van der Waals surface area (Å²) in [6, 6.07) is 0. The zero-order chi connectivity index (χ0) is 10.3. The van der Waals surface area contributed by atoms with Gasteiger partial charge in [-0.1, -0.05) is 0 Å². The Morgan fingerprint density at radius 2 is 1.86 bits per heavy atom. The van der Waals surface area contributed by atoms with E-state index in [1.807, 2.05) is 0 Å². The predicted molar refractivity (Wildman–Crippen MR) is 47.5 cm³/mol. The van der Waals surface area contributed by atoms with Crippen LogP contribution in [0, 0.1) is 17.3 Å². The Morgan fingerprint density at radius 3 is 2.29 bits per heavy atom. The van der Waals surface area contributed by atoms with Crippen molar-refractivity contribution in [2.24, 2.45) is 17.3 Å². The fourth-order valence-electron chi connectivity index (χ4n) is 2.54. The smallest absolute Gasteiger partial charge is 0.309 e. The Kier molecular flexibility index (Phi) is 2.01. The van der Waals surface area contributed by atoms with Crippen molar-refractivity contribution in [2.45, 2.75) is 25.7 Å². The summed E-state index contributed by atoms with van der Waals surface area (Å²) in [5.74, 6) is -2.16. The van der Waals surface area contributed by atoms with E-state index < -0.39 is 17.8 Å². The van der Waals surface area contributed by atoms with Gasteiger partial charge in [-0.15, -0.1) is 0 Å². The maximum Gasteiger partial charge on any atom is 0.309 e. The molecule has 1 spiro atoms. The molecule has 2 saturated carbocycles. The Morgan fingerprint density at radius 1 is 1.29 bits per heavy atom. The quantitative estimate of drug-likeness (QED) is 0.673. The number of carbonyl (C=O) groups excluding carboxylic acids is 1. The largest absolute Gasteiger partial charge is 0.481 e. The van der Waals surface area contributed by atoms with Crippen molar-refractivity contribution in [1.82, 2.24) is 0 Å². The lowest BCUT2D eigenvalue weighted by molar-refractivity contribution is -0.154. The first-order valence-corrected chi connectivity index (χ1v) is 4.89. The summed E-state index contributed by atoms with van der Waals surface area (Å²) in [7, 11) is 1.32. The Labute approximate surface area is 82.2 Å². The first-order chi connectivity index (χ1) is 6.58. The second-order valence-electron chi connectivity index (χ2n) is 4.48. The van der Waals surface area contributed by atoms with Crippen molar-refractivity contribution in [2.75, 3.05) is 7.11 Å². The van der Waals surface area contributed by atoms with Crippen LogP contribution in [-0.4, -0.2) is 24.2 Å². The van der Waals surface area contributed by atoms with Crippen LogP contribution in [0.3, 0.4) is 0 Å². The molecule has 0 amide bonds. The first kappa shape index (κ1) is 9.49. The van der Waals surface area contributed by atoms with E-state index in [1.54, 1.807) is 0 Å². The molecule has 2 rings (SSSR count). The van der Waals surface area contributed by atoms with E-state index in [2.05, 4.69) is 4.74 Å². The summed E-state index contributed by atoms with van der Waals surface area (Å²) in [6.45, 7) is 0. The molecule has 0 saturated heterocycles. The zero-order valence-corrected chi connectivity index (χ0v) is 8.16. The van der Waals surface area contributed by atoms with Crippen molar-refractivity contribution >= 4 is 11.9 Å². The number of esters is 1. The molecule has 0 bridgehead atoms. The van der Waals surface area contributed by atoms with Gasteiger partial charge in [0.05, 0.1) is 18.9 Å². The van der Waals surface area contributed by atoms with E-state index in [0.717, 1.165) is 12.8 Å². The molecule has 4 nitrogen and oxygen atoms in total. The number of ether oxygens (including phenoxy) is 1. The van der Waals surface area contributed by atoms with E-state index in [0.29, 0.717) is 12.8 Å². The highest BCUT2D eigenvalue weighted by molar-refractivity contribution is 5.82. The molecule has 2 aliphatic carbocycles. The summed E-state index contributed by atoms with van der Waals surface area (Å²) in [4.78, 5) is 22.3. The van der Waals surface area contributed by atoms with Crippen LogP contribution >= 0.6 is 0 Å². The first-order valence-electron chi connectivity index (χ1n) is 4.89. The summed E-state index contributed by atoms with van der Waals surface area (Å²) >= 11 is 0. The van der Waals surface area contributed by atoms with Crippen molar-refractivity contribution in [3.8, 4) is 0 Å². The lowest BCUT2D eigenvalue weighted by atomic mass is 9.97. The van der Waals surface area contributed by atoms with Gasteiger partial charge in [-0.05, 0) is 31.1 Å². The van der Waals surface area contributed by atoms with Gasteiger partial charge in [0.1, 0.15) is 0 Å². The van der Waals surface area contributed by atoms with Gasteiger partial charge < -0.3 is 9.84 Å². The van der Waals surface area contributed by atoms with E-state index in [9.17, 15) is 9.59 Å². The summed E-state index contributed by atoms with van der Waals surface area (Å²) in [5.41, 5.74) is 0.169. The SMILES string of the molecule is COC(=O)[C@H]1CC2(CC2)C[C@@H]1C(=O)O. The van der Waals surface area contributed by atoms with Gasteiger partial charge in [-0.3, -0.25) is 9.59 Å². The number of carboxylic acid groups (broad SMARTS) is 1. The standard InChI is InChI=1S/C10H14O4/c1-14-9(13)7-5-10(2-3-10)4-6(7)8(11)12/h6-7H,2-5H2,1H3,(H,11,12)/t6-,7-/m0/s1. The molecule has 2 fully saturated rings. The molecule has 0 aromatic heterocycles. The van der Waals surface area contributed by atoms with Crippen LogP contribution < -0.4 is 0 Å². The molecular formula is C10H14O4. The zero-order valence-electron chi connectivity index (χ0n) is 8.16. The van der Waals surface area contributed by atoms with Crippen LogP contribution in [0.15, 0.2) is 0 Å². The summed E-state index contributed by atoms with van der Waals surface area (Å²) in [5, 5.41) is 8.98. The van der Waals surface area contributed by atoms with Gasteiger partial charge in [0, 0.05) is 0 Å². The molecule has 2 aliphatic rings. The van der Waals surface area contributed by atoms with Crippen LogP contribution in [0.5, 0.6) is 0 Å². The summed E-state index contributed by atoms with van der Waals surface area (Å²) < 4.78 is 4.63. The van der Waals surface area contributed by atoms with E-state index in [-0.39, 0.29) is 11.4 Å². The average molecular weight is 198 g/mol. The van der Waals surface area contributed by atoms with Gasteiger partial charge in [-0.2, -0.15) is 0 Å². The van der Waals surface area contributed by atoms with E-state index in [4.69, 9.17) is 5.11 Å². The second kappa shape index (κ2) is 2.97. The van der Waals surface area contributed by atoms with Crippen molar-refractivity contribution in [1.29, 1.82) is 0 Å². The summed E-state index contributed by atoms with van der Waals surface area (Å²) in [6.07, 6.45) is 3.51. The number of hydrogen-bond acceptors (Lipinski definition) is 3. The number of carboxylic acids is 1. The molecule has 0 aromatic carbocycles. The number of hydrogen-bond donors (Lipinski definition) is 1. The minimum Gasteiger partial charge on any atom is -0.481 e. The third-order valence-electron chi connectivity index (χ3n) is 3.57. The Bertz CT molecular complexity index is 280. The highest BCUT2D eigenvalue weighted by Crippen LogP contribution is 2.61. The fourth-order valence-corrected chi connectivity index (χ4v) is 2.54. The van der Waals surface area contributed by atoms with E-state index in [1.165, 1.54) is 7.11 Å². The lowest BCUT2D eigenvalue weighted by Crippen LogP contribution is -2.26. The molecular weight excluding hydrogens is 184 g/mol.